The van der Waals surface area contributed by atoms with Crippen molar-refractivity contribution in [2.75, 3.05) is 6.61 Å². The van der Waals surface area contributed by atoms with Crippen molar-refractivity contribution in [1.29, 1.82) is 0 Å². The van der Waals surface area contributed by atoms with Crippen molar-refractivity contribution in [1.82, 2.24) is 0 Å². The number of carbonyl (C=O) groups is 1. The largest absolute Gasteiger partial charge is 0.466 e. The average Bonchev–Trinajstić information content (AvgIpc) is 3.01. The lowest BCUT2D eigenvalue weighted by Crippen LogP contribution is -2.38. The molecule has 1 fully saturated rings. The average molecular weight is 381 g/mol. The van der Waals surface area contributed by atoms with Crippen molar-refractivity contribution < 1.29 is 13.7 Å². The van der Waals surface area contributed by atoms with Crippen LogP contribution in [-0.2, 0) is 20.3 Å². The van der Waals surface area contributed by atoms with Crippen LogP contribution in [0.25, 0.3) is 0 Å². The number of hydrogen-bond acceptors (Lipinski definition) is 3. The molecule has 1 saturated carbocycles. The maximum atomic E-state index is 13.4. The summed E-state index contributed by atoms with van der Waals surface area (Å²) in [6, 6.07) is 8.99. The topological polar surface area (TPSA) is 43.4 Å². The van der Waals surface area contributed by atoms with E-state index in [0.29, 0.717) is 6.61 Å². The van der Waals surface area contributed by atoms with Crippen molar-refractivity contribution >= 4 is 24.8 Å². The van der Waals surface area contributed by atoms with Gasteiger partial charge in [-0.25, -0.2) is 0 Å². The van der Waals surface area contributed by atoms with Crippen molar-refractivity contribution in [2.45, 2.75) is 68.9 Å². The summed E-state index contributed by atoms with van der Waals surface area (Å²) >= 11 is 0. The normalized spacial score (nSPS) is 23.2. The lowest BCUT2D eigenvalue weighted by Gasteiger charge is -2.31. The van der Waals surface area contributed by atoms with Crippen LogP contribution in [-0.4, -0.2) is 30.1 Å². The lowest BCUT2D eigenvalue weighted by molar-refractivity contribution is -0.149. The van der Waals surface area contributed by atoms with Crippen LogP contribution in [0.4, 0.5) is 0 Å². The summed E-state index contributed by atoms with van der Waals surface area (Å²) in [4.78, 5) is 13.3. The Morgan fingerprint density at radius 1 is 1.24 bits per heavy atom. The fourth-order valence-corrected chi connectivity index (χ4v) is 8.82. The molecule has 0 amide bonds. The summed E-state index contributed by atoms with van der Waals surface area (Å²) in [5, 5.41) is 0.0475. The van der Waals surface area contributed by atoms with E-state index in [9.17, 15) is 9.00 Å². The van der Waals surface area contributed by atoms with Crippen LogP contribution in [0.3, 0.4) is 0 Å². The molecule has 0 heterocycles. The minimum Gasteiger partial charge on any atom is -0.466 e. The zero-order valence-corrected chi connectivity index (χ0v) is 18.0. The Labute approximate surface area is 156 Å². The number of hydrogen-bond donors (Lipinski definition) is 0. The van der Waals surface area contributed by atoms with Gasteiger partial charge in [0.2, 0.25) is 0 Å². The van der Waals surface area contributed by atoms with Gasteiger partial charge in [0.05, 0.1) is 23.3 Å². The number of esters is 1. The predicted molar refractivity (Wildman–Crippen MR) is 107 cm³/mol. The van der Waals surface area contributed by atoms with E-state index in [1.54, 1.807) is 0 Å². The molecule has 0 spiro atoms. The molecule has 0 aromatic heterocycles. The number of aryl methyl sites for hydroxylation is 1. The van der Waals surface area contributed by atoms with E-state index in [1.165, 1.54) is 5.56 Å². The van der Waals surface area contributed by atoms with Gasteiger partial charge in [0.15, 0.2) is 0 Å². The van der Waals surface area contributed by atoms with E-state index in [-0.39, 0.29) is 23.1 Å². The third-order valence-corrected chi connectivity index (χ3v) is 8.74. The van der Waals surface area contributed by atoms with Gasteiger partial charge >= 0.3 is 5.97 Å². The van der Waals surface area contributed by atoms with Gasteiger partial charge in [0.1, 0.15) is 0 Å². The van der Waals surface area contributed by atoms with Crippen LogP contribution in [0.15, 0.2) is 29.2 Å². The summed E-state index contributed by atoms with van der Waals surface area (Å²) in [5.41, 5.74) is 1.17. The van der Waals surface area contributed by atoms with Gasteiger partial charge in [-0.2, -0.15) is 0 Å². The molecule has 5 heteroatoms. The van der Waals surface area contributed by atoms with Crippen LogP contribution < -0.4 is 0 Å². The molecule has 1 unspecified atom stereocenters. The molecule has 4 atom stereocenters. The molecule has 3 nitrogen and oxygen atoms in total. The molecule has 0 radical (unpaired) electrons. The minimum absolute atomic E-state index is 0.0475. The molecule has 1 aromatic carbocycles. The van der Waals surface area contributed by atoms with Crippen molar-refractivity contribution in [2.24, 2.45) is 11.8 Å². The SMILES string of the molecule is CCOC(=O)[C@H]1CCC[C@@H]1[C@H](C[Si](C)(C)C)S(=O)c1ccc(C)cc1. The maximum Gasteiger partial charge on any atom is 0.309 e. The van der Waals surface area contributed by atoms with Crippen LogP contribution in [0.5, 0.6) is 0 Å². The van der Waals surface area contributed by atoms with Crippen LogP contribution >= 0.6 is 0 Å². The first kappa shape index (κ1) is 20.4. The second kappa shape index (κ2) is 8.63. The highest BCUT2D eigenvalue weighted by Gasteiger charge is 2.43. The van der Waals surface area contributed by atoms with Gasteiger partial charge in [-0.3, -0.25) is 9.00 Å². The second-order valence-corrected chi connectivity index (χ2v) is 15.6. The number of benzene rings is 1. The van der Waals surface area contributed by atoms with E-state index in [4.69, 9.17) is 4.74 Å². The molecule has 0 bridgehead atoms. The van der Waals surface area contributed by atoms with Gasteiger partial charge < -0.3 is 4.74 Å². The summed E-state index contributed by atoms with van der Waals surface area (Å²) in [6.45, 7) is 11.3. The van der Waals surface area contributed by atoms with Crippen molar-refractivity contribution in [3.8, 4) is 0 Å². The Balaban J connectivity index is 2.30. The quantitative estimate of drug-likeness (QED) is 0.504. The van der Waals surface area contributed by atoms with E-state index < -0.39 is 18.9 Å². The smallest absolute Gasteiger partial charge is 0.309 e. The highest BCUT2D eigenvalue weighted by atomic mass is 32.2. The van der Waals surface area contributed by atoms with Crippen molar-refractivity contribution in [3.63, 3.8) is 0 Å². The molecule has 0 aliphatic heterocycles. The molecule has 0 saturated heterocycles. The molecule has 25 heavy (non-hydrogen) atoms. The fourth-order valence-electron chi connectivity index (χ4n) is 3.81. The zero-order valence-electron chi connectivity index (χ0n) is 16.2. The molecule has 1 aliphatic carbocycles. The molecule has 2 rings (SSSR count). The summed E-state index contributed by atoms with van der Waals surface area (Å²) in [6.07, 6.45) is 2.88. The Bertz CT molecular complexity index is 606. The Morgan fingerprint density at radius 2 is 1.88 bits per heavy atom. The number of ether oxygens (including phenoxy) is 1. The van der Waals surface area contributed by atoms with Gasteiger partial charge in [0.25, 0.3) is 0 Å². The fraction of sp³-hybridized carbons (Fsp3) is 0.650. The van der Waals surface area contributed by atoms with E-state index >= 15 is 0 Å². The van der Waals surface area contributed by atoms with Crippen LogP contribution in [0, 0.1) is 18.8 Å². The first-order chi connectivity index (χ1) is 11.7. The number of carbonyl (C=O) groups excluding carboxylic acids is 1. The molecular formula is C20H32O3SSi. The van der Waals surface area contributed by atoms with Gasteiger partial charge in [-0.05, 0) is 50.8 Å². The van der Waals surface area contributed by atoms with E-state index in [0.717, 1.165) is 30.2 Å². The highest BCUT2D eigenvalue weighted by molar-refractivity contribution is 7.85. The first-order valence-electron chi connectivity index (χ1n) is 9.37. The minimum atomic E-state index is -1.42. The molecule has 1 aromatic rings. The Hall–Kier alpha value is -0.943. The second-order valence-electron chi connectivity index (χ2n) is 8.37. The van der Waals surface area contributed by atoms with Gasteiger partial charge in [0, 0.05) is 18.2 Å². The maximum absolute atomic E-state index is 13.4. The van der Waals surface area contributed by atoms with E-state index in [2.05, 4.69) is 19.6 Å². The van der Waals surface area contributed by atoms with Gasteiger partial charge in [-0.1, -0.05) is 43.8 Å². The van der Waals surface area contributed by atoms with Crippen LogP contribution in [0.1, 0.15) is 31.7 Å². The first-order valence-corrected chi connectivity index (χ1v) is 14.3. The summed E-state index contributed by atoms with van der Waals surface area (Å²) < 4.78 is 18.7. The Morgan fingerprint density at radius 3 is 2.44 bits per heavy atom. The van der Waals surface area contributed by atoms with E-state index in [1.807, 2.05) is 38.1 Å². The van der Waals surface area contributed by atoms with Crippen LogP contribution in [0.2, 0.25) is 25.7 Å². The summed E-state index contributed by atoms with van der Waals surface area (Å²) in [7, 11) is -2.50. The molecular weight excluding hydrogens is 348 g/mol. The molecule has 1 aliphatic rings. The third-order valence-electron chi connectivity index (χ3n) is 4.98. The molecule has 140 valence electrons. The van der Waals surface area contributed by atoms with Gasteiger partial charge in [-0.15, -0.1) is 0 Å². The summed E-state index contributed by atoms with van der Waals surface area (Å²) in [5.74, 6) is -0.00454. The highest BCUT2D eigenvalue weighted by Crippen LogP contribution is 2.41. The Kier molecular flexibility index (Phi) is 7.03. The van der Waals surface area contributed by atoms with Crippen molar-refractivity contribution in [3.05, 3.63) is 29.8 Å². The third kappa shape index (κ3) is 5.51. The standard InChI is InChI=1S/C20H32O3SSi/c1-6-23-20(21)18-9-7-8-17(18)19(14-25(3,4)5)24(22)16-12-10-15(2)11-13-16/h10-13,17-19H,6-9,14H2,1-5H3/t17-,18-,19-,24?/m0/s1. The molecule has 0 N–H and O–H groups in total. The monoisotopic (exact) mass is 380 g/mol. The number of rotatable bonds is 7. The predicted octanol–water partition coefficient (Wildman–Crippen LogP) is 4.79. The lowest BCUT2D eigenvalue weighted by atomic mass is 9.93. The zero-order chi connectivity index (χ0) is 18.6.